The van der Waals surface area contributed by atoms with Crippen molar-refractivity contribution in [3.8, 4) is 28.7 Å². The summed E-state index contributed by atoms with van der Waals surface area (Å²) < 4.78 is 26.4. The highest BCUT2D eigenvalue weighted by Gasteiger charge is 2.16. The highest BCUT2D eigenvalue weighted by atomic mass is 16.7. The van der Waals surface area contributed by atoms with Gasteiger partial charge in [0.25, 0.3) is 0 Å². The molecule has 126 valence electrons. The van der Waals surface area contributed by atoms with Crippen LogP contribution < -0.4 is 23.7 Å². The Hall–Kier alpha value is -2.89. The van der Waals surface area contributed by atoms with Gasteiger partial charge in [0.2, 0.25) is 6.79 Å². The van der Waals surface area contributed by atoms with Gasteiger partial charge in [0.05, 0.1) is 20.6 Å². The second kappa shape index (κ2) is 7.12. The lowest BCUT2D eigenvalue weighted by Gasteiger charge is -2.12. The molecule has 0 bridgehead atoms. The number of methoxy groups -OCH3 is 2. The molecular formula is C18H18O6. The number of hydrogen-bond acceptors (Lipinski definition) is 6. The van der Waals surface area contributed by atoms with Gasteiger partial charge in [-0.2, -0.15) is 0 Å². The molecule has 0 amide bonds. The maximum atomic E-state index is 12.1. The van der Waals surface area contributed by atoms with Crippen LogP contribution in [0.2, 0.25) is 0 Å². The van der Waals surface area contributed by atoms with Crippen LogP contribution in [0.15, 0.2) is 36.4 Å². The Morgan fingerprint density at radius 2 is 1.92 bits per heavy atom. The maximum Gasteiger partial charge on any atom is 0.311 e. The van der Waals surface area contributed by atoms with Crippen molar-refractivity contribution in [3.05, 3.63) is 42.0 Å². The molecule has 24 heavy (non-hydrogen) atoms. The SMILES string of the molecule is COc1cccc(CCC(=O)Oc2ccc3c(c2)OCO3)c1OC. The van der Waals surface area contributed by atoms with Gasteiger partial charge < -0.3 is 23.7 Å². The van der Waals surface area contributed by atoms with Crippen LogP contribution in [-0.2, 0) is 11.2 Å². The predicted octanol–water partition coefficient (Wildman–Crippen LogP) is 2.97. The fourth-order valence-electron chi connectivity index (χ4n) is 2.51. The largest absolute Gasteiger partial charge is 0.493 e. The molecular weight excluding hydrogens is 312 g/mol. The van der Waals surface area contributed by atoms with Crippen LogP contribution in [0.5, 0.6) is 28.7 Å². The highest BCUT2D eigenvalue weighted by molar-refractivity contribution is 5.73. The molecule has 0 aliphatic carbocycles. The van der Waals surface area contributed by atoms with Gasteiger partial charge in [-0.05, 0) is 30.2 Å². The molecule has 6 nitrogen and oxygen atoms in total. The molecule has 1 aliphatic heterocycles. The Balaban J connectivity index is 1.62. The highest BCUT2D eigenvalue weighted by Crippen LogP contribution is 2.35. The lowest BCUT2D eigenvalue weighted by atomic mass is 10.1. The molecule has 0 aromatic heterocycles. The molecule has 0 radical (unpaired) electrons. The lowest BCUT2D eigenvalue weighted by Crippen LogP contribution is -2.09. The molecule has 0 saturated heterocycles. The van der Waals surface area contributed by atoms with Gasteiger partial charge in [-0.15, -0.1) is 0 Å². The minimum atomic E-state index is -0.335. The van der Waals surface area contributed by atoms with E-state index in [1.54, 1.807) is 32.4 Å². The van der Waals surface area contributed by atoms with Gasteiger partial charge in [-0.3, -0.25) is 4.79 Å². The third-order valence-corrected chi connectivity index (χ3v) is 3.66. The van der Waals surface area contributed by atoms with Crippen molar-refractivity contribution >= 4 is 5.97 Å². The molecule has 2 aromatic carbocycles. The topological polar surface area (TPSA) is 63.2 Å². The quantitative estimate of drug-likeness (QED) is 0.599. The Morgan fingerprint density at radius 1 is 1.08 bits per heavy atom. The zero-order chi connectivity index (χ0) is 16.9. The first kappa shape index (κ1) is 16.0. The molecule has 1 aliphatic rings. The standard InChI is InChI=1S/C18H18O6/c1-20-15-5-3-4-12(18(15)21-2)6-9-17(19)24-13-7-8-14-16(10-13)23-11-22-14/h3-5,7-8,10H,6,9,11H2,1-2H3. The van der Waals surface area contributed by atoms with Crippen molar-refractivity contribution in [1.29, 1.82) is 0 Å². The summed E-state index contributed by atoms with van der Waals surface area (Å²) in [6.07, 6.45) is 0.710. The zero-order valence-corrected chi connectivity index (χ0v) is 13.5. The average Bonchev–Trinajstić information content (AvgIpc) is 3.07. The van der Waals surface area contributed by atoms with E-state index in [0.29, 0.717) is 35.2 Å². The summed E-state index contributed by atoms with van der Waals surface area (Å²) in [5, 5.41) is 0. The summed E-state index contributed by atoms with van der Waals surface area (Å²) in [6.45, 7) is 0.183. The van der Waals surface area contributed by atoms with Gasteiger partial charge in [-0.1, -0.05) is 12.1 Å². The molecule has 0 N–H and O–H groups in total. The van der Waals surface area contributed by atoms with E-state index in [2.05, 4.69) is 0 Å². The third kappa shape index (κ3) is 3.37. The summed E-state index contributed by atoms with van der Waals surface area (Å²) in [5.74, 6) is 2.60. The van der Waals surface area contributed by atoms with Gasteiger partial charge in [-0.25, -0.2) is 0 Å². The average molecular weight is 330 g/mol. The lowest BCUT2D eigenvalue weighted by molar-refractivity contribution is -0.134. The van der Waals surface area contributed by atoms with Crippen molar-refractivity contribution in [2.24, 2.45) is 0 Å². The molecule has 0 spiro atoms. The van der Waals surface area contributed by atoms with Crippen molar-refractivity contribution in [1.82, 2.24) is 0 Å². The summed E-state index contributed by atoms with van der Waals surface area (Å²) in [7, 11) is 3.15. The summed E-state index contributed by atoms with van der Waals surface area (Å²) in [6, 6.07) is 10.6. The number of para-hydroxylation sites is 1. The normalized spacial score (nSPS) is 11.9. The first-order valence-electron chi connectivity index (χ1n) is 7.51. The van der Waals surface area contributed by atoms with Gasteiger partial charge in [0.15, 0.2) is 23.0 Å². The van der Waals surface area contributed by atoms with E-state index in [1.165, 1.54) is 0 Å². The van der Waals surface area contributed by atoms with E-state index in [0.717, 1.165) is 5.56 Å². The van der Waals surface area contributed by atoms with E-state index < -0.39 is 0 Å². The molecule has 2 aromatic rings. The molecule has 6 heteroatoms. The van der Waals surface area contributed by atoms with Gasteiger partial charge >= 0.3 is 5.97 Å². The van der Waals surface area contributed by atoms with Gasteiger partial charge in [0.1, 0.15) is 5.75 Å². The number of fused-ring (bicyclic) bond motifs is 1. The van der Waals surface area contributed by atoms with Crippen molar-refractivity contribution in [3.63, 3.8) is 0 Å². The molecule has 0 saturated carbocycles. The number of benzene rings is 2. The number of carbonyl (C=O) groups excluding carboxylic acids is 1. The zero-order valence-electron chi connectivity index (χ0n) is 13.5. The molecule has 0 fully saturated rings. The number of carbonyl (C=O) groups is 1. The van der Waals surface area contributed by atoms with E-state index in [9.17, 15) is 4.79 Å². The number of hydrogen-bond donors (Lipinski definition) is 0. The fraction of sp³-hybridized carbons (Fsp3) is 0.278. The van der Waals surface area contributed by atoms with E-state index in [1.807, 2.05) is 18.2 Å². The third-order valence-electron chi connectivity index (χ3n) is 3.66. The minimum absolute atomic E-state index is 0.183. The monoisotopic (exact) mass is 330 g/mol. The molecule has 0 unspecified atom stereocenters. The van der Waals surface area contributed by atoms with Crippen LogP contribution in [0.25, 0.3) is 0 Å². The van der Waals surface area contributed by atoms with Crippen LogP contribution in [0.1, 0.15) is 12.0 Å². The van der Waals surface area contributed by atoms with E-state index in [4.69, 9.17) is 23.7 Å². The number of esters is 1. The smallest absolute Gasteiger partial charge is 0.311 e. The minimum Gasteiger partial charge on any atom is -0.493 e. The number of rotatable bonds is 6. The van der Waals surface area contributed by atoms with E-state index >= 15 is 0 Å². The van der Waals surface area contributed by atoms with Crippen LogP contribution in [0.4, 0.5) is 0 Å². The molecule has 3 rings (SSSR count). The second-order valence-electron chi connectivity index (χ2n) is 5.14. The van der Waals surface area contributed by atoms with Crippen LogP contribution in [-0.4, -0.2) is 27.0 Å². The Bertz CT molecular complexity index is 740. The van der Waals surface area contributed by atoms with Crippen molar-refractivity contribution in [2.45, 2.75) is 12.8 Å². The second-order valence-corrected chi connectivity index (χ2v) is 5.14. The van der Waals surface area contributed by atoms with Crippen molar-refractivity contribution < 1.29 is 28.5 Å². The predicted molar refractivity (Wildman–Crippen MR) is 86.1 cm³/mol. The fourth-order valence-corrected chi connectivity index (χ4v) is 2.51. The Labute approximate surface area is 139 Å². The first-order chi connectivity index (χ1) is 11.7. The van der Waals surface area contributed by atoms with Gasteiger partial charge in [0, 0.05) is 6.07 Å². The maximum absolute atomic E-state index is 12.1. The van der Waals surface area contributed by atoms with Crippen LogP contribution in [0.3, 0.4) is 0 Å². The summed E-state index contributed by atoms with van der Waals surface area (Å²) in [4.78, 5) is 12.1. The summed E-state index contributed by atoms with van der Waals surface area (Å²) >= 11 is 0. The Morgan fingerprint density at radius 3 is 2.71 bits per heavy atom. The van der Waals surface area contributed by atoms with E-state index in [-0.39, 0.29) is 19.2 Å². The first-order valence-corrected chi connectivity index (χ1v) is 7.51. The summed E-state index contributed by atoms with van der Waals surface area (Å²) in [5.41, 5.74) is 0.888. The van der Waals surface area contributed by atoms with Crippen molar-refractivity contribution in [2.75, 3.05) is 21.0 Å². The Kier molecular flexibility index (Phi) is 4.74. The molecule has 0 atom stereocenters. The van der Waals surface area contributed by atoms with Crippen LogP contribution in [0, 0.1) is 0 Å². The molecule has 1 heterocycles. The number of ether oxygens (including phenoxy) is 5. The van der Waals surface area contributed by atoms with Crippen LogP contribution >= 0.6 is 0 Å². The number of aryl methyl sites for hydroxylation is 1.